The Labute approximate surface area is 136 Å². The topological polar surface area (TPSA) is 84.9 Å². The lowest BCUT2D eigenvalue weighted by Crippen LogP contribution is -2.46. The van der Waals surface area contributed by atoms with E-state index in [2.05, 4.69) is 19.2 Å². The Morgan fingerprint density at radius 1 is 1.13 bits per heavy atom. The van der Waals surface area contributed by atoms with Crippen molar-refractivity contribution < 1.29 is 24.2 Å². The normalized spacial score (nSPS) is 12.1. The van der Waals surface area contributed by atoms with Crippen LogP contribution in [0.1, 0.15) is 27.7 Å². The summed E-state index contributed by atoms with van der Waals surface area (Å²) in [4.78, 5) is 22.9. The summed E-state index contributed by atoms with van der Waals surface area (Å²) in [5, 5.41) is 11.5. The van der Waals surface area contributed by atoms with E-state index in [0.717, 1.165) is 0 Å². The van der Waals surface area contributed by atoms with Crippen LogP contribution in [0.4, 0.5) is 0 Å². The van der Waals surface area contributed by atoms with E-state index in [1.54, 1.807) is 32.0 Å². The highest BCUT2D eigenvalue weighted by Crippen LogP contribution is 2.19. The fourth-order valence-corrected chi connectivity index (χ4v) is 1.79. The average Bonchev–Trinajstić information content (AvgIpc) is 2.48. The van der Waals surface area contributed by atoms with Crippen molar-refractivity contribution in [2.24, 2.45) is 11.8 Å². The SMILES string of the molecule is CC(C)COc1cccc(OCC(=O)NC(C(=O)O)C(C)C)c1. The molecule has 0 bridgehead atoms. The zero-order chi connectivity index (χ0) is 17.4. The van der Waals surface area contributed by atoms with Gasteiger partial charge < -0.3 is 19.9 Å². The third-order valence-corrected chi connectivity index (χ3v) is 3.01. The van der Waals surface area contributed by atoms with Gasteiger partial charge in [0.2, 0.25) is 0 Å². The highest BCUT2D eigenvalue weighted by atomic mass is 16.5. The number of carbonyl (C=O) groups excluding carboxylic acids is 1. The van der Waals surface area contributed by atoms with Crippen LogP contribution in [0.25, 0.3) is 0 Å². The third kappa shape index (κ3) is 7.04. The van der Waals surface area contributed by atoms with E-state index in [1.165, 1.54) is 0 Å². The van der Waals surface area contributed by atoms with Crippen molar-refractivity contribution >= 4 is 11.9 Å². The molecule has 6 heteroatoms. The minimum atomic E-state index is -1.06. The number of carboxylic acid groups (broad SMARTS) is 1. The van der Waals surface area contributed by atoms with E-state index in [0.29, 0.717) is 24.0 Å². The molecule has 0 radical (unpaired) electrons. The van der Waals surface area contributed by atoms with Gasteiger partial charge >= 0.3 is 5.97 Å². The van der Waals surface area contributed by atoms with Crippen molar-refractivity contribution in [3.05, 3.63) is 24.3 Å². The predicted octanol–water partition coefficient (Wildman–Crippen LogP) is 2.33. The van der Waals surface area contributed by atoms with Gasteiger partial charge in [0.05, 0.1) is 6.61 Å². The van der Waals surface area contributed by atoms with E-state index in [1.807, 2.05) is 6.07 Å². The molecular weight excluding hydrogens is 298 g/mol. The molecule has 0 saturated heterocycles. The Hall–Kier alpha value is -2.24. The number of rotatable bonds is 9. The Morgan fingerprint density at radius 3 is 2.26 bits per heavy atom. The Bertz CT molecular complexity index is 527. The summed E-state index contributed by atoms with van der Waals surface area (Å²) < 4.78 is 11.0. The first-order valence-electron chi connectivity index (χ1n) is 7.67. The maximum Gasteiger partial charge on any atom is 0.326 e. The second-order valence-electron chi connectivity index (χ2n) is 6.10. The fraction of sp³-hybridized carbons (Fsp3) is 0.529. The summed E-state index contributed by atoms with van der Waals surface area (Å²) in [6, 6.07) is 6.08. The summed E-state index contributed by atoms with van der Waals surface area (Å²) in [7, 11) is 0. The number of carbonyl (C=O) groups is 2. The van der Waals surface area contributed by atoms with Gasteiger partial charge in [0.15, 0.2) is 6.61 Å². The molecule has 23 heavy (non-hydrogen) atoms. The molecule has 0 saturated carbocycles. The van der Waals surface area contributed by atoms with Crippen LogP contribution >= 0.6 is 0 Å². The first kappa shape index (κ1) is 18.8. The largest absolute Gasteiger partial charge is 0.493 e. The number of carboxylic acids is 1. The molecule has 0 aliphatic rings. The number of nitrogens with one attached hydrogen (secondary N) is 1. The fourth-order valence-electron chi connectivity index (χ4n) is 1.79. The first-order chi connectivity index (χ1) is 10.8. The second kappa shape index (κ2) is 9.02. The van der Waals surface area contributed by atoms with Crippen LogP contribution < -0.4 is 14.8 Å². The molecule has 1 rings (SSSR count). The Kier molecular flexibility index (Phi) is 7.38. The van der Waals surface area contributed by atoms with Crippen molar-refractivity contribution in [1.29, 1.82) is 0 Å². The molecule has 0 fully saturated rings. The van der Waals surface area contributed by atoms with Crippen LogP contribution in [0.15, 0.2) is 24.3 Å². The van der Waals surface area contributed by atoms with Gasteiger partial charge in [-0.25, -0.2) is 4.79 Å². The number of aliphatic carboxylic acids is 1. The Morgan fingerprint density at radius 2 is 1.74 bits per heavy atom. The van der Waals surface area contributed by atoms with E-state index in [9.17, 15) is 9.59 Å². The molecule has 0 aliphatic carbocycles. The molecule has 1 amide bonds. The monoisotopic (exact) mass is 323 g/mol. The van der Waals surface area contributed by atoms with Crippen molar-refractivity contribution in [2.45, 2.75) is 33.7 Å². The quantitative estimate of drug-likeness (QED) is 0.728. The summed E-state index contributed by atoms with van der Waals surface area (Å²) in [6.45, 7) is 7.92. The zero-order valence-electron chi connectivity index (χ0n) is 14.0. The summed E-state index contributed by atoms with van der Waals surface area (Å²) in [5.74, 6) is -0.157. The van der Waals surface area contributed by atoms with Crippen molar-refractivity contribution in [1.82, 2.24) is 5.32 Å². The van der Waals surface area contributed by atoms with E-state index in [4.69, 9.17) is 14.6 Å². The van der Waals surface area contributed by atoms with Crippen LogP contribution in [-0.2, 0) is 9.59 Å². The van der Waals surface area contributed by atoms with E-state index in [-0.39, 0.29) is 12.5 Å². The second-order valence-corrected chi connectivity index (χ2v) is 6.10. The molecule has 0 aromatic heterocycles. The average molecular weight is 323 g/mol. The molecule has 1 aromatic rings. The van der Waals surface area contributed by atoms with Crippen LogP contribution in [0.3, 0.4) is 0 Å². The number of ether oxygens (including phenoxy) is 2. The molecule has 0 heterocycles. The molecule has 1 aromatic carbocycles. The molecule has 2 N–H and O–H groups in total. The lowest BCUT2D eigenvalue weighted by molar-refractivity contribution is -0.143. The standard InChI is InChI=1S/C17H25NO5/c1-11(2)9-22-13-6-5-7-14(8-13)23-10-15(19)18-16(12(3)4)17(20)21/h5-8,11-12,16H,9-10H2,1-4H3,(H,18,19)(H,20,21). The van der Waals surface area contributed by atoms with Crippen LogP contribution in [0.2, 0.25) is 0 Å². The van der Waals surface area contributed by atoms with Crippen LogP contribution in [-0.4, -0.2) is 36.2 Å². The highest BCUT2D eigenvalue weighted by Gasteiger charge is 2.23. The molecule has 1 atom stereocenters. The van der Waals surface area contributed by atoms with Gasteiger partial charge in [0.1, 0.15) is 17.5 Å². The van der Waals surface area contributed by atoms with Gasteiger partial charge in [-0.15, -0.1) is 0 Å². The van der Waals surface area contributed by atoms with E-state index < -0.39 is 17.9 Å². The van der Waals surface area contributed by atoms with Gasteiger partial charge in [-0.1, -0.05) is 33.8 Å². The molecule has 128 valence electrons. The molecule has 0 aliphatic heterocycles. The first-order valence-corrected chi connectivity index (χ1v) is 7.67. The number of amides is 1. The minimum absolute atomic E-state index is 0.204. The minimum Gasteiger partial charge on any atom is -0.493 e. The maximum absolute atomic E-state index is 11.8. The van der Waals surface area contributed by atoms with Gasteiger partial charge in [0.25, 0.3) is 5.91 Å². The lowest BCUT2D eigenvalue weighted by atomic mass is 10.1. The number of hydrogen-bond donors (Lipinski definition) is 2. The smallest absolute Gasteiger partial charge is 0.326 e. The van der Waals surface area contributed by atoms with Crippen LogP contribution in [0.5, 0.6) is 11.5 Å². The van der Waals surface area contributed by atoms with Crippen molar-refractivity contribution in [2.75, 3.05) is 13.2 Å². The lowest BCUT2D eigenvalue weighted by Gasteiger charge is -2.18. The van der Waals surface area contributed by atoms with Gasteiger partial charge in [-0.2, -0.15) is 0 Å². The molecular formula is C17H25NO5. The van der Waals surface area contributed by atoms with Gasteiger partial charge in [0, 0.05) is 6.07 Å². The van der Waals surface area contributed by atoms with Crippen molar-refractivity contribution in [3.8, 4) is 11.5 Å². The Balaban J connectivity index is 2.52. The van der Waals surface area contributed by atoms with Crippen molar-refractivity contribution in [3.63, 3.8) is 0 Å². The summed E-state index contributed by atoms with van der Waals surface area (Å²) >= 11 is 0. The summed E-state index contributed by atoms with van der Waals surface area (Å²) in [6.07, 6.45) is 0. The number of hydrogen-bond acceptors (Lipinski definition) is 4. The van der Waals surface area contributed by atoms with Gasteiger partial charge in [-0.3, -0.25) is 4.79 Å². The zero-order valence-corrected chi connectivity index (χ0v) is 14.0. The maximum atomic E-state index is 11.8. The summed E-state index contributed by atoms with van der Waals surface area (Å²) in [5.41, 5.74) is 0. The highest BCUT2D eigenvalue weighted by molar-refractivity contribution is 5.84. The van der Waals surface area contributed by atoms with E-state index >= 15 is 0 Å². The number of benzene rings is 1. The molecule has 6 nitrogen and oxygen atoms in total. The predicted molar refractivity (Wildman–Crippen MR) is 86.7 cm³/mol. The van der Waals surface area contributed by atoms with Crippen LogP contribution in [0, 0.1) is 11.8 Å². The molecule has 1 unspecified atom stereocenters. The van der Waals surface area contributed by atoms with Gasteiger partial charge in [-0.05, 0) is 24.0 Å². The third-order valence-electron chi connectivity index (χ3n) is 3.01. The molecule has 0 spiro atoms.